The summed E-state index contributed by atoms with van der Waals surface area (Å²) in [6.07, 6.45) is 0. The van der Waals surface area contributed by atoms with Crippen molar-refractivity contribution in [3.05, 3.63) is 49.5 Å². The molecule has 0 saturated carbocycles. The Balaban J connectivity index is 2.15. The standard InChI is InChI=1S/C12H11Br2NS/c1-8(9-4-5-16-7-9)15-12-3-2-10(13)6-11(12)14/h2-8,15H,1H3. The fourth-order valence-electron chi connectivity index (χ4n) is 1.44. The highest BCUT2D eigenvalue weighted by Gasteiger charge is 2.07. The van der Waals surface area contributed by atoms with Gasteiger partial charge < -0.3 is 5.32 Å². The number of anilines is 1. The van der Waals surface area contributed by atoms with E-state index in [4.69, 9.17) is 0 Å². The Morgan fingerprint density at radius 1 is 1.25 bits per heavy atom. The molecule has 1 heterocycles. The molecule has 1 aromatic carbocycles. The fraction of sp³-hybridized carbons (Fsp3) is 0.167. The first-order valence-electron chi connectivity index (χ1n) is 4.90. The molecule has 0 aliphatic carbocycles. The molecule has 0 fully saturated rings. The Morgan fingerprint density at radius 3 is 2.69 bits per heavy atom. The van der Waals surface area contributed by atoms with Crippen LogP contribution in [0.5, 0.6) is 0 Å². The van der Waals surface area contributed by atoms with Gasteiger partial charge in [0.25, 0.3) is 0 Å². The number of thiophene rings is 1. The van der Waals surface area contributed by atoms with E-state index in [2.05, 4.69) is 67.0 Å². The largest absolute Gasteiger partial charge is 0.378 e. The number of rotatable bonds is 3. The molecule has 4 heteroatoms. The summed E-state index contributed by atoms with van der Waals surface area (Å²) in [7, 11) is 0. The molecule has 0 radical (unpaired) electrons. The van der Waals surface area contributed by atoms with Gasteiger partial charge in [0.1, 0.15) is 0 Å². The van der Waals surface area contributed by atoms with Crippen LogP contribution in [0.4, 0.5) is 5.69 Å². The Labute approximate surface area is 116 Å². The van der Waals surface area contributed by atoms with Crippen LogP contribution in [0.15, 0.2) is 44.0 Å². The lowest BCUT2D eigenvalue weighted by atomic mass is 10.2. The van der Waals surface area contributed by atoms with E-state index < -0.39 is 0 Å². The summed E-state index contributed by atoms with van der Waals surface area (Å²) in [5.41, 5.74) is 2.43. The topological polar surface area (TPSA) is 12.0 Å². The summed E-state index contributed by atoms with van der Waals surface area (Å²) < 4.78 is 2.15. The van der Waals surface area contributed by atoms with Gasteiger partial charge in [-0.25, -0.2) is 0 Å². The molecule has 1 unspecified atom stereocenters. The first kappa shape index (κ1) is 12.1. The molecular weight excluding hydrogens is 350 g/mol. The highest BCUT2D eigenvalue weighted by atomic mass is 79.9. The van der Waals surface area contributed by atoms with Crippen molar-refractivity contribution in [2.75, 3.05) is 5.32 Å². The second-order valence-corrected chi connectivity index (χ2v) is 6.10. The second-order valence-electron chi connectivity index (χ2n) is 3.55. The molecule has 16 heavy (non-hydrogen) atoms. The van der Waals surface area contributed by atoms with E-state index in [0.717, 1.165) is 14.6 Å². The van der Waals surface area contributed by atoms with Crippen molar-refractivity contribution in [3.63, 3.8) is 0 Å². The lowest BCUT2D eigenvalue weighted by molar-refractivity contribution is 0.889. The van der Waals surface area contributed by atoms with Crippen molar-refractivity contribution in [1.82, 2.24) is 0 Å². The molecule has 0 bridgehead atoms. The molecule has 0 aliphatic rings. The average molecular weight is 361 g/mol. The number of nitrogens with one attached hydrogen (secondary N) is 1. The minimum absolute atomic E-state index is 0.323. The van der Waals surface area contributed by atoms with E-state index >= 15 is 0 Å². The summed E-state index contributed by atoms with van der Waals surface area (Å²) in [6.45, 7) is 2.16. The van der Waals surface area contributed by atoms with E-state index in [9.17, 15) is 0 Å². The molecule has 1 aromatic heterocycles. The summed E-state index contributed by atoms with van der Waals surface area (Å²) >= 11 is 8.72. The second kappa shape index (κ2) is 5.34. The predicted molar refractivity (Wildman–Crippen MR) is 78.2 cm³/mol. The fourth-order valence-corrected chi connectivity index (χ4v) is 3.36. The number of hydrogen-bond acceptors (Lipinski definition) is 2. The van der Waals surface area contributed by atoms with Crippen LogP contribution in [-0.2, 0) is 0 Å². The van der Waals surface area contributed by atoms with E-state index in [1.165, 1.54) is 5.56 Å². The van der Waals surface area contributed by atoms with E-state index in [-0.39, 0.29) is 0 Å². The lowest BCUT2D eigenvalue weighted by Crippen LogP contribution is -2.05. The Hall–Kier alpha value is -0.320. The molecule has 1 nitrogen and oxygen atoms in total. The van der Waals surface area contributed by atoms with Crippen LogP contribution >= 0.6 is 43.2 Å². The summed E-state index contributed by atoms with van der Waals surface area (Å²) in [6, 6.07) is 8.62. The summed E-state index contributed by atoms with van der Waals surface area (Å²) in [5, 5.41) is 7.75. The molecule has 0 saturated heterocycles. The van der Waals surface area contributed by atoms with Gasteiger partial charge in [0.2, 0.25) is 0 Å². The summed E-state index contributed by atoms with van der Waals surface area (Å²) in [4.78, 5) is 0. The van der Waals surface area contributed by atoms with Crippen LogP contribution in [-0.4, -0.2) is 0 Å². The molecule has 0 aliphatic heterocycles. The number of hydrogen-bond donors (Lipinski definition) is 1. The van der Waals surface area contributed by atoms with Crippen LogP contribution in [0.2, 0.25) is 0 Å². The van der Waals surface area contributed by atoms with Gasteiger partial charge in [0.15, 0.2) is 0 Å². The molecule has 2 aromatic rings. The SMILES string of the molecule is CC(Nc1ccc(Br)cc1Br)c1ccsc1. The van der Waals surface area contributed by atoms with Crippen LogP contribution < -0.4 is 5.32 Å². The molecule has 1 N–H and O–H groups in total. The number of halogens is 2. The van der Waals surface area contributed by atoms with Gasteiger partial charge in [0.05, 0.1) is 0 Å². The molecule has 0 amide bonds. The highest BCUT2D eigenvalue weighted by molar-refractivity contribution is 9.11. The van der Waals surface area contributed by atoms with Gasteiger partial charge in [-0.1, -0.05) is 15.9 Å². The zero-order valence-corrected chi connectivity index (χ0v) is 12.7. The minimum atomic E-state index is 0.323. The lowest BCUT2D eigenvalue weighted by Gasteiger charge is -2.15. The third-order valence-corrected chi connectivity index (χ3v) is 4.20. The van der Waals surface area contributed by atoms with E-state index in [0.29, 0.717) is 6.04 Å². The highest BCUT2D eigenvalue weighted by Crippen LogP contribution is 2.29. The van der Waals surface area contributed by atoms with E-state index in [1.54, 1.807) is 11.3 Å². The van der Waals surface area contributed by atoms with Gasteiger partial charge in [-0.3, -0.25) is 0 Å². The maximum Gasteiger partial charge on any atom is 0.0494 e. The Kier molecular flexibility index (Phi) is 4.05. The molecule has 84 valence electrons. The van der Waals surface area contributed by atoms with Gasteiger partial charge in [-0.05, 0) is 63.4 Å². The smallest absolute Gasteiger partial charge is 0.0494 e. The van der Waals surface area contributed by atoms with Crippen LogP contribution in [0, 0.1) is 0 Å². The first-order valence-corrected chi connectivity index (χ1v) is 7.43. The van der Waals surface area contributed by atoms with Crippen molar-refractivity contribution in [1.29, 1.82) is 0 Å². The van der Waals surface area contributed by atoms with Crippen molar-refractivity contribution in [2.45, 2.75) is 13.0 Å². The zero-order chi connectivity index (χ0) is 11.5. The van der Waals surface area contributed by atoms with Crippen molar-refractivity contribution in [2.24, 2.45) is 0 Å². The van der Waals surface area contributed by atoms with Gasteiger partial charge in [0, 0.05) is 20.7 Å². The molecule has 2 rings (SSSR count). The van der Waals surface area contributed by atoms with Crippen molar-refractivity contribution >= 4 is 48.9 Å². The Morgan fingerprint density at radius 2 is 2.06 bits per heavy atom. The quantitative estimate of drug-likeness (QED) is 0.767. The maximum absolute atomic E-state index is 3.55. The van der Waals surface area contributed by atoms with Crippen LogP contribution in [0.3, 0.4) is 0 Å². The normalized spacial score (nSPS) is 12.4. The maximum atomic E-state index is 3.55. The van der Waals surface area contributed by atoms with E-state index in [1.807, 2.05) is 12.1 Å². The van der Waals surface area contributed by atoms with Crippen molar-refractivity contribution < 1.29 is 0 Å². The molecule has 0 spiro atoms. The zero-order valence-electron chi connectivity index (χ0n) is 8.71. The average Bonchev–Trinajstić information content (AvgIpc) is 2.75. The molecular formula is C12H11Br2NS. The van der Waals surface area contributed by atoms with Crippen LogP contribution in [0.25, 0.3) is 0 Å². The summed E-state index contributed by atoms with van der Waals surface area (Å²) in [5.74, 6) is 0. The van der Waals surface area contributed by atoms with Gasteiger partial charge >= 0.3 is 0 Å². The van der Waals surface area contributed by atoms with Crippen LogP contribution in [0.1, 0.15) is 18.5 Å². The predicted octanol–water partition coefficient (Wildman–Crippen LogP) is 5.45. The molecule has 1 atom stereocenters. The number of benzene rings is 1. The van der Waals surface area contributed by atoms with Crippen molar-refractivity contribution in [3.8, 4) is 0 Å². The third kappa shape index (κ3) is 2.87. The van der Waals surface area contributed by atoms with Gasteiger partial charge in [-0.2, -0.15) is 11.3 Å². The third-order valence-electron chi connectivity index (χ3n) is 2.35. The Bertz CT molecular complexity index is 468. The minimum Gasteiger partial charge on any atom is -0.378 e. The monoisotopic (exact) mass is 359 g/mol. The first-order chi connectivity index (χ1) is 7.66. The van der Waals surface area contributed by atoms with Gasteiger partial charge in [-0.15, -0.1) is 0 Å².